The topological polar surface area (TPSA) is 79.8 Å². The number of carbonyl (C=O) groups is 1. The molecule has 0 spiro atoms. The van der Waals surface area contributed by atoms with Crippen LogP contribution in [0.2, 0.25) is 0 Å². The zero-order valence-corrected chi connectivity index (χ0v) is 7.95. The molecule has 0 saturated heterocycles. The Morgan fingerprint density at radius 2 is 2.14 bits per heavy atom. The SMILES string of the molecule is [NH3+]CCCNc1ccccc1C(=O)[O-]. The number of benzene rings is 1. The van der Waals surface area contributed by atoms with Crippen LogP contribution in [0.3, 0.4) is 0 Å². The van der Waals surface area contributed by atoms with Gasteiger partial charge in [0.25, 0.3) is 0 Å². The number of quaternary nitrogens is 1. The Morgan fingerprint density at radius 1 is 1.43 bits per heavy atom. The van der Waals surface area contributed by atoms with Crippen molar-refractivity contribution in [1.29, 1.82) is 0 Å². The molecule has 1 aromatic rings. The van der Waals surface area contributed by atoms with Gasteiger partial charge in [-0.15, -0.1) is 0 Å². The first kappa shape index (κ1) is 10.5. The zero-order chi connectivity index (χ0) is 10.4. The lowest BCUT2D eigenvalue weighted by atomic mass is 10.2. The number of hydrogen-bond acceptors (Lipinski definition) is 3. The second-order valence-electron chi connectivity index (χ2n) is 2.97. The Bertz CT molecular complexity index is 313. The second kappa shape index (κ2) is 5.24. The number of anilines is 1. The molecule has 4 nitrogen and oxygen atoms in total. The molecule has 4 N–H and O–H groups in total. The van der Waals surface area contributed by atoms with Gasteiger partial charge < -0.3 is 21.0 Å². The number of carboxylic acids is 1. The molecule has 0 saturated carbocycles. The molecule has 0 bridgehead atoms. The lowest BCUT2D eigenvalue weighted by molar-refractivity contribution is -0.367. The predicted octanol–water partition coefficient (Wildman–Crippen LogP) is -0.906. The van der Waals surface area contributed by atoms with Gasteiger partial charge in [-0.25, -0.2) is 0 Å². The normalized spacial score (nSPS) is 9.79. The molecular formula is C10H14N2O2. The molecule has 0 aromatic heterocycles. The molecule has 0 heterocycles. The Morgan fingerprint density at radius 3 is 2.79 bits per heavy atom. The minimum atomic E-state index is -1.15. The van der Waals surface area contributed by atoms with E-state index in [2.05, 4.69) is 11.1 Å². The third kappa shape index (κ3) is 2.74. The van der Waals surface area contributed by atoms with Gasteiger partial charge in [0.05, 0.1) is 12.5 Å². The van der Waals surface area contributed by atoms with E-state index in [4.69, 9.17) is 0 Å². The first-order chi connectivity index (χ1) is 6.75. The molecule has 0 atom stereocenters. The van der Waals surface area contributed by atoms with Crippen molar-refractivity contribution < 1.29 is 15.6 Å². The molecule has 14 heavy (non-hydrogen) atoms. The van der Waals surface area contributed by atoms with E-state index in [1.165, 1.54) is 6.07 Å². The molecule has 4 heteroatoms. The van der Waals surface area contributed by atoms with Gasteiger partial charge in [-0.1, -0.05) is 18.2 Å². The van der Waals surface area contributed by atoms with Crippen LogP contribution in [0.25, 0.3) is 0 Å². The van der Waals surface area contributed by atoms with E-state index in [0.717, 1.165) is 19.5 Å². The van der Waals surface area contributed by atoms with Crippen molar-refractivity contribution in [2.24, 2.45) is 0 Å². The van der Waals surface area contributed by atoms with Crippen LogP contribution in [-0.2, 0) is 0 Å². The number of hydrogen-bond donors (Lipinski definition) is 2. The molecule has 0 aliphatic heterocycles. The fourth-order valence-corrected chi connectivity index (χ4v) is 1.16. The molecule has 0 amide bonds. The highest BCUT2D eigenvalue weighted by Crippen LogP contribution is 2.13. The summed E-state index contributed by atoms with van der Waals surface area (Å²) in [5.41, 5.74) is 4.52. The van der Waals surface area contributed by atoms with Gasteiger partial charge in [-0.3, -0.25) is 0 Å². The van der Waals surface area contributed by atoms with Gasteiger partial charge in [0.2, 0.25) is 0 Å². The Kier molecular flexibility index (Phi) is 3.94. The van der Waals surface area contributed by atoms with Gasteiger partial charge in [0, 0.05) is 24.2 Å². The summed E-state index contributed by atoms with van der Waals surface area (Å²) in [5.74, 6) is -1.15. The van der Waals surface area contributed by atoms with Gasteiger partial charge in [0.15, 0.2) is 0 Å². The number of rotatable bonds is 5. The minimum absolute atomic E-state index is 0.205. The van der Waals surface area contributed by atoms with Crippen LogP contribution < -0.4 is 16.2 Å². The minimum Gasteiger partial charge on any atom is -0.545 e. The summed E-state index contributed by atoms with van der Waals surface area (Å²) < 4.78 is 0. The van der Waals surface area contributed by atoms with Crippen LogP contribution in [0.5, 0.6) is 0 Å². The predicted molar refractivity (Wildman–Crippen MR) is 51.6 cm³/mol. The number of nitrogens with one attached hydrogen (secondary N) is 1. The average molecular weight is 194 g/mol. The molecule has 1 rings (SSSR count). The van der Waals surface area contributed by atoms with E-state index in [9.17, 15) is 9.90 Å². The molecule has 76 valence electrons. The zero-order valence-electron chi connectivity index (χ0n) is 7.95. The highest BCUT2D eigenvalue weighted by atomic mass is 16.4. The maximum atomic E-state index is 10.7. The molecular weight excluding hydrogens is 180 g/mol. The van der Waals surface area contributed by atoms with Gasteiger partial charge in [-0.05, 0) is 6.07 Å². The van der Waals surface area contributed by atoms with Crippen molar-refractivity contribution in [3.05, 3.63) is 29.8 Å². The van der Waals surface area contributed by atoms with Crippen LogP contribution in [0, 0.1) is 0 Å². The van der Waals surface area contributed by atoms with Crippen molar-refractivity contribution in [1.82, 2.24) is 0 Å². The lowest BCUT2D eigenvalue weighted by Gasteiger charge is -2.11. The standard InChI is InChI=1S/C10H14N2O2/c11-6-3-7-12-9-5-2-1-4-8(9)10(13)14/h1-2,4-5,12H,3,6-7,11H2,(H,13,14). The average Bonchev–Trinajstić information content (AvgIpc) is 2.19. The molecule has 1 aromatic carbocycles. The summed E-state index contributed by atoms with van der Waals surface area (Å²) >= 11 is 0. The highest BCUT2D eigenvalue weighted by Gasteiger charge is 2.00. The fourth-order valence-electron chi connectivity index (χ4n) is 1.16. The second-order valence-corrected chi connectivity index (χ2v) is 2.97. The first-order valence-corrected chi connectivity index (χ1v) is 4.59. The largest absolute Gasteiger partial charge is 0.545 e. The lowest BCUT2D eigenvalue weighted by Crippen LogP contribution is -2.50. The maximum absolute atomic E-state index is 10.7. The summed E-state index contributed by atoms with van der Waals surface area (Å²) in [6, 6.07) is 6.73. The Hall–Kier alpha value is -1.55. The summed E-state index contributed by atoms with van der Waals surface area (Å²) in [6.45, 7) is 1.56. The van der Waals surface area contributed by atoms with E-state index < -0.39 is 5.97 Å². The molecule has 0 radical (unpaired) electrons. The van der Waals surface area contributed by atoms with E-state index >= 15 is 0 Å². The van der Waals surface area contributed by atoms with Crippen molar-refractivity contribution in [3.63, 3.8) is 0 Å². The van der Waals surface area contributed by atoms with Gasteiger partial charge >= 0.3 is 0 Å². The van der Waals surface area contributed by atoms with Crippen molar-refractivity contribution in [2.45, 2.75) is 6.42 Å². The van der Waals surface area contributed by atoms with Crippen LogP contribution >= 0.6 is 0 Å². The third-order valence-corrected chi connectivity index (χ3v) is 1.89. The number of carbonyl (C=O) groups excluding carboxylic acids is 1. The summed E-state index contributed by atoms with van der Waals surface area (Å²) in [5, 5.41) is 13.7. The van der Waals surface area contributed by atoms with E-state index in [1.807, 2.05) is 0 Å². The monoisotopic (exact) mass is 194 g/mol. The van der Waals surface area contributed by atoms with Crippen LogP contribution in [0.15, 0.2) is 24.3 Å². The van der Waals surface area contributed by atoms with E-state index in [1.54, 1.807) is 18.2 Å². The van der Waals surface area contributed by atoms with Crippen LogP contribution in [-0.4, -0.2) is 19.1 Å². The van der Waals surface area contributed by atoms with Crippen molar-refractivity contribution in [2.75, 3.05) is 18.4 Å². The molecule has 0 unspecified atom stereocenters. The van der Waals surface area contributed by atoms with Crippen LogP contribution in [0.4, 0.5) is 5.69 Å². The van der Waals surface area contributed by atoms with Crippen molar-refractivity contribution in [3.8, 4) is 0 Å². The quantitative estimate of drug-likeness (QED) is 0.596. The van der Waals surface area contributed by atoms with E-state index in [0.29, 0.717) is 5.69 Å². The molecule has 0 aliphatic carbocycles. The number of aromatic carboxylic acids is 1. The molecule has 0 aliphatic rings. The Labute approximate surface area is 82.7 Å². The van der Waals surface area contributed by atoms with Crippen molar-refractivity contribution >= 4 is 11.7 Å². The van der Waals surface area contributed by atoms with Gasteiger partial charge in [0.1, 0.15) is 0 Å². The van der Waals surface area contributed by atoms with Gasteiger partial charge in [-0.2, -0.15) is 0 Å². The number of carboxylic acid groups (broad SMARTS) is 1. The maximum Gasteiger partial charge on any atom is 0.0756 e. The summed E-state index contributed by atoms with van der Waals surface area (Å²) in [4.78, 5) is 10.7. The summed E-state index contributed by atoms with van der Waals surface area (Å²) in [6.07, 6.45) is 0.918. The molecule has 0 fully saturated rings. The van der Waals surface area contributed by atoms with E-state index in [-0.39, 0.29) is 5.56 Å². The third-order valence-electron chi connectivity index (χ3n) is 1.89. The highest BCUT2D eigenvalue weighted by molar-refractivity contribution is 5.92. The Balaban J connectivity index is 2.69. The smallest absolute Gasteiger partial charge is 0.0756 e. The van der Waals surface area contributed by atoms with Crippen LogP contribution in [0.1, 0.15) is 16.8 Å². The summed E-state index contributed by atoms with van der Waals surface area (Å²) in [7, 11) is 0. The number of para-hydroxylation sites is 1. The first-order valence-electron chi connectivity index (χ1n) is 4.59. The fraction of sp³-hybridized carbons (Fsp3) is 0.300.